The lowest BCUT2D eigenvalue weighted by atomic mass is 10.0. The van der Waals surface area contributed by atoms with E-state index in [2.05, 4.69) is 10.6 Å². The Labute approximate surface area is 145 Å². The predicted octanol–water partition coefficient (Wildman–Crippen LogP) is 0.393. The third-order valence-corrected chi connectivity index (χ3v) is 3.55. The van der Waals surface area contributed by atoms with Crippen LogP contribution in [-0.2, 0) is 20.8 Å². The lowest BCUT2D eigenvalue weighted by molar-refractivity contribution is -0.131. The molecule has 1 aromatic rings. The second-order valence-corrected chi connectivity index (χ2v) is 5.78. The summed E-state index contributed by atoms with van der Waals surface area (Å²) >= 11 is 0. The van der Waals surface area contributed by atoms with Crippen LogP contribution in [0, 0.1) is 23.1 Å². The smallest absolute Gasteiger partial charge is 0.243 e. The Morgan fingerprint density at radius 3 is 2.40 bits per heavy atom. The van der Waals surface area contributed by atoms with Crippen molar-refractivity contribution < 1.29 is 18.8 Å². The largest absolute Gasteiger partial charge is 0.368 e. The van der Waals surface area contributed by atoms with Gasteiger partial charge in [0.15, 0.2) is 0 Å². The SMILES string of the molecule is CC(=O)N[C@@H](Cc1ccccc1F)C(=O)N[C@@H](C[C@@H](C)C#N)C(N)=O. The Morgan fingerprint density at radius 1 is 1.24 bits per heavy atom. The fourth-order valence-electron chi connectivity index (χ4n) is 2.26. The molecule has 0 saturated heterocycles. The normalized spacial score (nSPS) is 13.8. The topological polar surface area (TPSA) is 125 Å². The molecule has 0 saturated carbocycles. The monoisotopic (exact) mass is 348 g/mol. The highest BCUT2D eigenvalue weighted by Gasteiger charge is 2.27. The van der Waals surface area contributed by atoms with Crippen LogP contribution in [0.15, 0.2) is 24.3 Å². The number of amides is 3. The van der Waals surface area contributed by atoms with Gasteiger partial charge in [-0.25, -0.2) is 4.39 Å². The highest BCUT2D eigenvalue weighted by molar-refractivity contribution is 5.91. The molecule has 3 atom stereocenters. The van der Waals surface area contributed by atoms with Gasteiger partial charge in [-0.15, -0.1) is 0 Å². The second-order valence-electron chi connectivity index (χ2n) is 5.78. The number of carbonyl (C=O) groups excluding carboxylic acids is 3. The molecule has 3 amide bonds. The van der Waals surface area contributed by atoms with Crippen molar-refractivity contribution in [3.8, 4) is 6.07 Å². The molecule has 0 aliphatic carbocycles. The molecule has 0 unspecified atom stereocenters. The van der Waals surface area contributed by atoms with Gasteiger partial charge >= 0.3 is 0 Å². The van der Waals surface area contributed by atoms with E-state index in [1.165, 1.54) is 25.1 Å². The van der Waals surface area contributed by atoms with Gasteiger partial charge in [-0.3, -0.25) is 14.4 Å². The molecule has 1 rings (SSSR count). The Morgan fingerprint density at radius 2 is 1.88 bits per heavy atom. The maximum Gasteiger partial charge on any atom is 0.243 e. The van der Waals surface area contributed by atoms with Crippen LogP contribution in [0.4, 0.5) is 4.39 Å². The number of nitriles is 1. The average Bonchev–Trinajstić information content (AvgIpc) is 2.54. The number of nitrogens with zero attached hydrogens (tertiary/aromatic N) is 1. The fraction of sp³-hybridized carbons (Fsp3) is 0.412. The van der Waals surface area contributed by atoms with Crippen LogP contribution in [0.25, 0.3) is 0 Å². The van der Waals surface area contributed by atoms with E-state index in [1.807, 2.05) is 6.07 Å². The van der Waals surface area contributed by atoms with E-state index in [1.54, 1.807) is 13.0 Å². The van der Waals surface area contributed by atoms with E-state index in [0.29, 0.717) is 0 Å². The molecule has 0 radical (unpaired) electrons. The van der Waals surface area contributed by atoms with Gasteiger partial charge in [0.05, 0.1) is 6.07 Å². The molecule has 0 fully saturated rings. The zero-order valence-electron chi connectivity index (χ0n) is 14.1. The van der Waals surface area contributed by atoms with Crippen molar-refractivity contribution in [3.63, 3.8) is 0 Å². The molecule has 0 aliphatic rings. The van der Waals surface area contributed by atoms with Crippen LogP contribution in [-0.4, -0.2) is 29.8 Å². The Hall–Kier alpha value is -2.95. The summed E-state index contributed by atoms with van der Waals surface area (Å²) < 4.78 is 13.8. The van der Waals surface area contributed by atoms with Crippen LogP contribution < -0.4 is 16.4 Å². The van der Waals surface area contributed by atoms with Crippen LogP contribution in [0.5, 0.6) is 0 Å². The number of halogens is 1. The first kappa shape index (κ1) is 20.1. The zero-order valence-corrected chi connectivity index (χ0v) is 14.1. The van der Waals surface area contributed by atoms with Crippen molar-refractivity contribution in [2.75, 3.05) is 0 Å². The van der Waals surface area contributed by atoms with E-state index in [0.717, 1.165) is 0 Å². The quantitative estimate of drug-likeness (QED) is 0.628. The average molecular weight is 348 g/mol. The van der Waals surface area contributed by atoms with Crippen molar-refractivity contribution in [2.24, 2.45) is 11.7 Å². The highest BCUT2D eigenvalue weighted by Crippen LogP contribution is 2.10. The molecule has 134 valence electrons. The Balaban J connectivity index is 2.92. The number of hydrogen-bond donors (Lipinski definition) is 3. The molecule has 7 nitrogen and oxygen atoms in total. The minimum Gasteiger partial charge on any atom is -0.368 e. The third kappa shape index (κ3) is 6.59. The van der Waals surface area contributed by atoms with Crippen LogP contribution >= 0.6 is 0 Å². The van der Waals surface area contributed by atoms with Gasteiger partial charge in [-0.05, 0) is 25.0 Å². The van der Waals surface area contributed by atoms with Gasteiger partial charge in [0.25, 0.3) is 0 Å². The summed E-state index contributed by atoms with van der Waals surface area (Å²) in [6.07, 6.45) is -0.0402. The zero-order chi connectivity index (χ0) is 19.0. The van der Waals surface area contributed by atoms with E-state index in [-0.39, 0.29) is 18.4 Å². The van der Waals surface area contributed by atoms with Crippen molar-refractivity contribution in [1.29, 1.82) is 5.26 Å². The maximum atomic E-state index is 13.8. The summed E-state index contributed by atoms with van der Waals surface area (Å²) in [7, 11) is 0. The maximum absolute atomic E-state index is 13.8. The molecule has 0 spiro atoms. The number of rotatable bonds is 8. The number of hydrogen-bond acceptors (Lipinski definition) is 4. The number of nitrogens with two attached hydrogens (primary N) is 1. The molecule has 4 N–H and O–H groups in total. The highest BCUT2D eigenvalue weighted by atomic mass is 19.1. The van der Waals surface area contributed by atoms with Gasteiger partial charge < -0.3 is 16.4 Å². The number of nitrogens with one attached hydrogen (secondary N) is 2. The molecule has 0 bridgehead atoms. The van der Waals surface area contributed by atoms with E-state index in [9.17, 15) is 18.8 Å². The summed E-state index contributed by atoms with van der Waals surface area (Å²) in [5.74, 6) is -2.94. The number of benzene rings is 1. The molecule has 8 heteroatoms. The molecular formula is C17H21FN4O3. The van der Waals surface area contributed by atoms with Gasteiger partial charge in [0.1, 0.15) is 17.9 Å². The summed E-state index contributed by atoms with van der Waals surface area (Å²) in [5, 5.41) is 13.7. The summed E-state index contributed by atoms with van der Waals surface area (Å²) in [6.45, 7) is 2.82. The van der Waals surface area contributed by atoms with Gasteiger partial charge in [-0.1, -0.05) is 18.2 Å². The molecule has 0 heterocycles. The van der Waals surface area contributed by atoms with Gasteiger partial charge in [0.2, 0.25) is 17.7 Å². The lowest BCUT2D eigenvalue weighted by Gasteiger charge is -2.22. The van der Waals surface area contributed by atoms with Crippen LogP contribution in [0.1, 0.15) is 25.8 Å². The van der Waals surface area contributed by atoms with E-state index in [4.69, 9.17) is 11.0 Å². The summed E-state index contributed by atoms with van der Waals surface area (Å²) in [5.41, 5.74) is 5.50. The summed E-state index contributed by atoms with van der Waals surface area (Å²) in [4.78, 5) is 35.3. The number of primary amides is 1. The summed E-state index contributed by atoms with van der Waals surface area (Å²) in [6, 6.07) is 5.70. The van der Waals surface area contributed by atoms with Crippen LogP contribution in [0.2, 0.25) is 0 Å². The van der Waals surface area contributed by atoms with Crippen molar-refractivity contribution in [1.82, 2.24) is 10.6 Å². The van der Waals surface area contributed by atoms with Crippen molar-refractivity contribution in [3.05, 3.63) is 35.6 Å². The molecule has 0 aromatic heterocycles. The lowest BCUT2D eigenvalue weighted by Crippen LogP contribution is -2.53. The van der Waals surface area contributed by atoms with Crippen molar-refractivity contribution in [2.45, 2.75) is 38.8 Å². The molecule has 25 heavy (non-hydrogen) atoms. The predicted molar refractivity (Wildman–Crippen MR) is 88.2 cm³/mol. The molecule has 0 aliphatic heterocycles. The first-order valence-electron chi connectivity index (χ1n) is 7.74. The first-order valence-corrected chi connectivity index (χ1v) is 7.74. The first-order chi connectivity index (χ1) is 11.7. The Bertz CT molecular complexity index is 687. The van der Waals surface area contributed by atoms with Crippen molar-refractivity contribution >= 4 is 17.7 Å². The van der Waals surface area contributed by atoms with E-state index < -0.39 is 41.5 Å². The van der Waals surface area contributed by atoms with E-state index >= 15 is 0 Å². The standard InChI is InChI=1S/C17H21FN4O3/c1-10(9-19)7-14(16(20)24)22-17(25)15(21-11(2)23)8-12-5-3-4-6-13(12)18/h3-6,10,14-15H,7-8H2,1-2H3,(H2,20,24)(H,21,23)(H,22,25)/t10-,14+,15+/m1/s1. The van der Waals surface area contributed by atoms with Crippen LogP contribution in [0.3, 0.4) is 0 Å². The second kappa shape index (κ2) is 9.37. The van der Waals surface area contributed by atoms with Gasteiger partial charge in [0, 0.05) is 19.3 Å². The fourth-order valence-corrected chi connectivity index (χ4v) is 2.26. The molecule has 1 aromatic carbocycles. The van der Waals surface area contributed by atoms with Gasteiger partial charge in [-0.2, -0.15) is 5.26 Å². The Kier molecular flexibility index (Phi) is 7.53. The molecular weight excluding hydrogens is 327 g/mol. The number of carbonyl (C=O) groups is 3. The minimum atomic E-state index is -1.08. The third-order valence-electron chi connectivity index (χ3n) is 3.55. The minimum absolute atomic E-state index is 0.0457.